The second-order valence-electron chi connectivity index (χ2n) is 15.4. The van der Waals surface area contributed by atoms with Gasteiger partial charge in [0.15, 0.2) is 0 Å². The van der Waals surface area contributed by atoms with Crippen LogP contribution < -0.4 is 4.90 Å². The molecule has 62 heavy (non-hydrogen) atoms. The monoisotopic (exact) mass is 795 g/mol. The molecule has 0 unspecified atom stereocenters. The van der Waals surface area contributed by atoms with Gasteiger partial charge in [-0.05, 0) is 134 Å². The van der Waals surface area contributed by atoms with E-state index in [0.29, 0.717) is 0 Å². The van der Waals surface area contributed by atoms with Crippen LogP contribution in [0.25, 0.3) is 83.1 Å². The minimum atomic E-state index is -0.416. The van der Waals surface area contributed by atoms with Crippen molar-refractivity contribution >= 4 is 38.9 Å². The third-order valence-electron chi connectivity index (χ3n) is 11.7. The number of aromatic nitrogens is 1. The number of benzene rings is 10. The summed E-state index contributed by atoms with van der Waals surface area (Å²) in [6.45, 7) is 0. The van der Waals surface area contributed by atoms with Gasteiger partial charge in [-0.3, -0.25) is 0 Å². The SMILES string of the molecule is [2H]c1c([2H])c([2H])c(-n2c3ccccc3c3c(-c4cc(-c5ccccc5)cc(-c5ccc(N(c6ccc(-c7ccccc7)cc6)c6ccc(-c7ccccc7)cc6)cc5)c4)cccc32)c([2H])c1[2H]. The highest BCUT2D eigenvalue weighted by Crippen LogP contribution is 2.42. The zero-order valence-electron chi connectivity index (χ0n) is 38.8. The summed E-state index contributed by atoms with van der Waals surface area (Å²) in [5.74, 6) is 0. The molecule has 292 valence electrons. The lowest BCUT2D eigenvalue weighted by Gasteiger charge is -2.26. The van der Waals surface area contributed by atoms with Crippen molar-refractivity contribution in [2.75, 3.05) is 4.90 Å². The van der Waals surface area contributed by atoms with E-state index < -0.39 is 6.04 Å². The Bertz CT molecular complexity index is 3480. The van der Waals surface area contributed by atoms with Gasteiger partial charge >= 0.3 is 0 Å². The number of fused-ring (bicyclic) bond motifs is 3. The van der Waals surface area contributed by atoms with Gasteiger partial charge < -0.3 is 9.47 Å². The van der Waals surface area contributed by atoms with Crippen LogP contribution in [0.4, 0.5) is 17.1 Å². The fourth-order valence-corrected chi connectivity index (χ4v) is 8.72. The molecule has 2 heteroatoms. The third kappa shape index (κ3) is 6.94. The largest absolute Gasteiger partial charge is 0.311 e. The quantitative estimate of drug-likeness (QED) is 0.141. The molecular weight excluding hydrogens is 749 g/mol. The van der Waals surface area contributed by atoms with Crippen LogP contribution in [0, 0.1) is 0 Å². The molecule has 11 rings (SSSR count). The van der Waals surface area contributed by atoms with E-state index in [9.17, 15) is 0 Å². The number of nitrogens with zero attached hydrogens (tertiary/aromatic N) is 2. The van der Waals surface area contributed by atoms with E-state index in [1.807, 2.05) is 59.2 Å². The molecule has 1 heterocycles. The van der Waals surface area contributed by atoms with Crippen molar-refractivity contribution in [3.8, 4) is 61.3 Å². The average molecular weight is 796 g/mol. The van der Waals surface area contributed by atoms with E-state index in [2.05, 4.69) is 175 Å². The van der Waals surface area contributed by atoms with Crippen molar-refractivity contribution in [3.63, 3.8) is 0 Å². The molecule has 0 aliphatic carbocycles. The molecule has 0 bridgehead atoms. The second-order valence-corrected chi connectivity index (χ2v) is 15.4. The Hall–Kier alpha value is -8.20. The minimum Gasteiger partial charge on any atom is -0.311 e. The Morgan fingerprint density at radius 3 is 1.24 bits per heavy atom. The summed E-state index contributed by atoms with van der Waals surface area (Å²) in [6.07, 6.45) is 0. The van der Waals surface area contributed by atoms with Crippen LogP contribution in [0.5, 0.6) is 0 Å². The van der Waals surface area contributed by atoms with Crippen LogP contribution in [0.3, 0.4) is 0 Å². The molecule has 0 radical (unpaired) electrons. The second kappa shape index (κ2) is 16.1. The maximum atomic E-state index is 8.95. The van der Waals surface area contributed by atoms with E-state index in [-0.39, 0.29) is 29.9 Å². The van der Waals surface area contributed by atoms with Crippen LogP contribution in [-0.4, -0.2) is 4.57 Å². The summed E-state index contributed by atoms with van der Waals surface area (Å²) < 4.78 is 45.0. The first-order valence-electron chi connectivity index (χ1n) is 23.3. The summed E-state index contributed by atoms with van der Waals surface area (Å²) in [6, 6.07) is 76.5. The van der Waals surface area contributed by atoms with Gasteiger partial charge in [0.2, 0.25) is 0 Å². The standard InChI is InChI=1S/C60H42N2/c1-5-16-43(17-6-1)46-28-34-53(35-29-46)61(54-36-30-47(31-37-54)44-18-7-2-8-19-44)55-38-32-48(33-39-55)50-40-49(45-20-9-3-10-21-45)41-51(42-50)56-25-15-27-59-60(56)57-24-13-14-26-58(57)62(59)52-22-11-4-12-23-52/h1-42H/i4D,11D,12D,22D,23D. The molecule has 0 aliphatic heterocycles. The highest BCUT2D eigenvalue weighted by molar-refractivity contribution is 6.16. The number of hydrogen-bond acceptors (Lipinski definition) is 1. The van der Waals surface area contributed by atoms with Gasteiger partial charge in [0, 0.05) is 33.5 Å². The third-order valence-corrected chi connectivity index (χ3v) is 11.7. The van der Waals surface area contributed by atoms with Crippen LogP contribution in [0.1, 0.15) is 6.85 Å². The van der Waals surface area contributed by atoms with E-state index >= 15 is 0 Å². The summed E-state index contributed by atoms with van der Waals surface area (Å²) >= 11 is 0. The molecule has 0 saturated carbocycles. The summed E-state index contributed by atoms with van der Waals surface area (Å²) in [7, 11) is 0. The Kier molecular flexibility index (Phi) is 8.23. The predicted octanol–water partition coefficient (Wildman–Crippen LogP) is 16.6. The smallest absolute Gasteiger partial charge is 0.0645 e. The lowest BCUT2D eigenvalue weighted by atomic mass is 9.91. The molecule has 0 spiro atoms. The Morgan fingerprint density at radius 2 is 0.726 bits per heavy atom. The van der Waals surface area contributed by atoms with Crippen molar-refractivity contribution in [2.24, 2.45) is 0 Å². The van der Waals surface area contributed by atoms with E-state index in [1.54, 1.807) is 0 Å². The van der Waals surface area contributed by atoms with Crippen molar-refractivity contribution in [2.45, 2.75) is 0 Å². The van der Waals surface area contributed by atoms with Crippen molar-refractivity contribution in [1.82, 2.24) is 4.57 Å². The maximum absolute atomic E-state index is 8.95. The lowest BCUT2D eigenvalue weighted by molar-refractivity contribution is 1.18. The van der Waals surface area contributed by atoms with Gasteiger partial charge in [-0.2, -0.15) is 0 Å². The van der Waals surface area contributed by atoms with Crippen molar-refractivity contribution in [3.05, 3.63) is 255 Å². The molecular formula is C60H42N2. The fourth-order valence-electron chi connectivity index (χ4n) is 8.72. The van der Waals surface area contributed by atoms with Crippen molar-refractivity contribution in [1.29, 1.82) is 0 Å². The summed E-state index contributed by atoms with van der Waals surface area (Å²) in [5, 5.41) is 1.85. The highest BCUT2D eigenvalue weighted by atomic mass is 15.1. The van der Waals surface area contributed by atoms with E-state index in [1.165, 1.54) is 11.1 Å². The molecule has 11 aromatic rings. The van der Waals surface area contributed by atoms with Crippen molar-refractivity contribution < 1.29 is 6.85 Å². The highest BCUT2D eigenvalue weighted by Gasteiger charge is 2.18. The lowest BCUT2D eigenvalue weighted by Crippen LogP contribution is -2.09. The number of hydrogen-bond donors (Lipinski definition) is 0. The van der Waals surface area contributed by atoms with E-state index in [0.717, 1.165) is 83.4 Å². The molecule has 0 N–H and O–H groups in total. The molecule has 0 amide bonds. The van der Waals surface area contributed by atoms with Crippen LogP contribution in [-0.2, 0) is 0 Å². The molecule has 10 aromatic carbocycles. The van der Waals surface area contributed by atoms with Gasteiger partial charge in [-0.25, -0.2) is 0 Å². The molecule has 2 nitrogen and oxygen atoms in total. The Morgan fingerprint density at radius 1 is 0.323 bits per heavy atom. The molecule has 0 saturated heterocycles. The maximum Gasteiger partial charge on any atom is 0.0645 e. The van der Waals surface area contributed by atoms with Crippen LogP contribution in [0.15, 0.2) is 255 Å². The zero-order chi connectivity index (χ0) is 45.6. The Labute approximate surface area is 369 Å². The minimum absolute atomic E-state index is 0.126. The topological polar surface area (TPSA) is 8.17 Å². The van der Waals surface area contributed by atoms with E-state index in [4.69, 9.17) is 6.85 Å². The van der Waals surface area contributed by atoms with Gasteiger partial charge in [0.05, 0.1) is 17.9 Å². The number of anilines is 3. The summed E-state index contributed by atoms with van der Waals surface area (Å²) in [5.41, 5.74) is 15.6. The molecule has 0 aliphatic rings. The zero-order valence-corrected chi connectivity index (χ0v) is 33.8. The first-order chi connectivity index (χ1) is 32.8. The number of rotatable bonds is 9. The molecule has 0 fully saturated rings. The Balaban J connectivity index is 1.05. The average Bonchev–Trinajstić information content (AvgIpc) is 3.73. The molecule has 0 atom stereocenters. The fraction of sp³-hybridized carbons (Fsp3) is 0. The van der Waals surface area contributed by atoms with Crippen LogP contribution in [0.2, 0.25) is 0 Å². The number of para-hydroxylation sites is 2. The van der Waals surface area contributed by atoms with Gasteiger partial charge in [0.25, 0.3) is 0 Å². The first-order valence-corrected chi connectivity index (χ1v) is 20.8. The van der Waals surface area contributed by atoms with Gasteiger partial charge in [-0.15, -0.1) is 0 Å². The molecule has 1 aromatic heterocycles. The van der Waals surface area contributed by atoms with Gasteiger partial charge in [-0.1, -0.05) is 176 Å². The van der Waals surface area contributed by atoms with Crippen LogP contribution >= 0.6 is 0 Å². The first kappa shape index (κ1) is 31.7. The van der Waals surface area contributed by atoms with Gasteiger partial charge in [0.1, 0.15) is 0 Å². The normalized spacial score (nSPS) is 12.4. The summed E-state index contributed by atoms with van der Waals surface area (Å²) in [4.78, 5) is 2.30. The predicted molar refractivity (Wildman–Crippen MR) is 263 cm³/mol.